The molecule has 2 heterocycles. The Morgan fingerprint density at radius 2 is 1.73 bits per heavy atom. The lowest BCUT2D eigenvalue weighted by Gasteiger charge is -2.19. The molecule has 1 aliphatic rings. The Kier molecular flexibility index (Phi) is 3.92. The van der Waals surface area contributed by atoms with E-state index in [2.05, 4.69) is 9.88 Å². The molecule has 6 heteroatoms. The Morgan fingerprint density at radius 3 is 2.36 bits per heavy atom. The fraction of sp³-hybridized carbons (Fsp3) is 0.312. The molecule has 1 aromatic heterocycles. The van der Waals surface area contributed by atoms with E-state index in [1.807, 2.05) is 12.1 Å². The van der Waals surface area contributed by atoms with Gasteiger partial charge in [-0.3, -0.25) is 4.98 Å². The van der Waals surface area contributed by atoms with Crippen molar-refractivity contribution in [1.29, 1.82) is 0 Å². The summed E-state index contributed by atoms with van der Waals surface area (Å²) in [4.78, 5) is 6.16. The van der Waals surface area contributed by atoms with Crippen LogP contribution in [0.4, 0.5) is 18.9 Å². The molecule has 22 heavy (non-hydrogen) atoms. The number of nitrogens with zero attached hydrogens (tertiary/aromatic N) is 2. The van der Waals surface area contributed by atoms with Crippen molar-refractivity contribution in [3.05, 3.63) is 54.4 Å². The number of aromatic nitrogens is 1. The fourth-order valence-corrected chi connectivity index (χ4v) is 2.53. The first-order valence-corrected chi connectivity index (χ1v) is 7.01. The van der Waals surface area contributed by atoms with Gasteiger partial charge in [0.05, 0.1) is 12.1 Å². The second-order valence-electron chi connectivity index (χ2n) is 5.20. The van der Waals surface area contributed by atoms with E-state index < -0.39 is 11.7 Å². The molecule has 3 rings (SSSR count). The van der Waals surface area contributed by atoms with Crippen LogP contribution in [0.15, 0.2) is 48.8 Å². The average Bonchev–Trinajstić information content (AvgIpc) is 2.96. The summed E-state index contributed by atoms with van der Waals surface area (Å²) < 4.78 is 43.3. The van der Waals surface area contributed by atoms with Crippen molar-refractivity contribution in [2.75, 3.05) is 18.0 Å². The topological polar surface area (TPSA) is 25.4 Å². The van der Waals surface area contributed by atoms with E-state index in [1.54, 1.807) is 12.4 Å². The van der Waals surface area contributed by atoms with Crippen molar-refractivity contribution in [3.8, 4) is 5.75 Å². The number of halogens is 3. The number of rotatable bonds is 3. The molecule has 1 atom stereocenters. The zero-order valence-electron chi connectivity index (χ0n) is 11.8. The molecule has 3 nitrogen and oxygen atoms in total. The van der Waals surface area contributed by atoms with Crippen LogP contribution in [-0.2, 0) is 6.18 Å². The van der Waals surface area contributed by atoms with Crippen LogP contribution in [0.1, 0.15) is 12.0 Å². The minimum Gasteiger partial charge on any atom is -0.489 e. The molecule has 0 saturated carbocycles. The molecule has 2 aromatic rings. The molecule has 0 amide bonds. The largest absolute Gasteiger partial charge is 0.489 e. The maximum absolute atomic E-state index is 12.5. The highest BCUT2D eigenvalue weighted by Gasteiger charge is 2.30. The maximum Gasteiger partial charge on any atom is 0.416 e. The van der Waals surface area contributed by atoms with Gasteiger partial charge in [-0.2, -0.15) is 13.2 Å². The molecular formula is C16H15F3N2O. The van der Waals surface area contributed by atoms with Gasteiger partial charge in [-0.1, -0.05) is 0 Å². The van der Waals surface area contributed by atoms with Gasteiger partial charge < -0.3 is 9.64 Å². The minimum atomic E-state index is -4.32. The molecular weight excluding hydrogens is 293 g/mol. The first-order valence-electron chi connectivity index (χ1n) is 7.01. The molecule has 1 aliphatic heterocycles. The Morgan fingerprint density at radius 1 is 1.05 bits per heavy atom. The van der Waals surface area contributed by atoms with Crippen molar-refractivity contribution >= 4 is 5.69 Å². The predicted molar refractivity (Wildman–Crippen MR) is 76.9 cm³/mol. The number of hydrogen-bond acceptors (Lipinski definition) is 3. The Bertz CT molecular complexity index is 614. The van der Waals surface area contributed by atoms with Crippen LogP contribution >= 0.6 is 0 Å². The molecule has 0 bridgehead atoms. The van der Waals surface area contributed by atoms with Gasteiger partial charge in [0.25, 0.3) is 0 Å². The van der Waals surface area contributed by atoms with Gasteiger partial charge in [0, 0.05) is 31.0 Å². The second kappa shape index (κ2) is 5.87. The molecule has 1 saturated heterocycles. The normalized spacial score (nSPS) is 18.5. The number of anilines is 1. The van der Waals surface area contributed by atoms with Crippen molar-refractivity contribution in [2.45, 2.75) is 18.7 Å². The summed E-state index contributed by atoms with van der Waals surface area (Å²) in [5.74, 6) is 0.467. The van der Waals surface area contributed by atoms with E-state index in [-0.39, 0.29) is 6.10 Å². The molecule has 1 fully saturated rings. The average molecular weight is 308 g/mol. The van der Waals surface area contributed by atoms with Crippen LogP contribution in [0.2, 0.25) is 0 Å². The lowest BCUT2D eigenvalue weighted by molar-refractivity contribution is -0.137. The van der Waals surface area contributed by atoms with E-state index >= 15 is 0 Å². The van der Waals surface area contributed by atoms with Crippen LogP contribution in [0.3, 0.4) is 0 Å². The number of alkyl halides is 3. The summed E-state index contributed by atoms with van der Waals surface area (Å²) in [5, 5.41) is 0. The number of benzene rings is 1. The van der Waals surface area contributed by atoms with Gasteiger partial charge in [0.15, 0.2) is 0 Å². The lowest BCUT2D eigenvalue weighted by atomic mass is 10.2. The summed E-state index contributed by atoms with van der Waals surface area (Å²) in [6, 6.07) is 8.70. The summed E-state index contributed by atoms with van der Waals surface area (Å²) in [6.07, 6.45) is -0.0310. The molecule has 0 aliphatic carbocycles. The Balaban J connectivity index is 1.61. The highest BCUT2D eigenvalue weighted by molar-refractivity contribution is 5.45. The van der Waals surface area contributed by atoms with Crippen LogP contribution in [0, 0.1) is 0 Å². The van der Waals surface area contributed by atoms with Crippen molar-refractivity contribution in [1.82, 2.24) is 4.98 Å². The summed E-state index contributed by atoms with van der Waals surface area (Å²) in [6.45, 7) is 1.57. The van der Waals surface area contributed by atoms with Crippen LogP contribution in [-0.4, -0.2) is 24.2 Å². The fourth-order valence-electron chi connectivity index (χ4n) is 2.53. The van der Waals surface area contributed by atoms with E-state index in [4.69, 9.17) is 4.74 Å². The highest BCUT2D eigenvalue weighted by atomic mass is 19.4. The van der Waals surface area contributed by atoms with Gasteiger partial charge in [0.2, 0.25) is 0 Å². The number of pyridine rings is 1. The lowest BCUT2D eigenvalue weighted by Crippen LogP contribution is -2.24. The molecule has 0 N–H and O–H groups in total. The Labute approximate surface area is 126 Å². The standard InChI is InChI=1S/C16H15F3N2O/c17-16(18,19)12-1-3-14(4-2-12)22-15-7-10-21(11-15)13-5-8-20-9-6-13/h1-6,8-9,15H,7,10-11H2. The van der Waals surface area contributed by atoms with Gasteiger partial charge in [0.1, 0.15) is 11.9 Å². The first-order chi connectivity index (χ1) is 10.5. The summed E-state index contributed by atoms with van der Waals surface area (Å²) in [5.41, 5.74) is 0.415. The van der Waals surface area contributed by atoms with Crippen molar-refractivity contribution in [2.24, 2.45) is 0 Å². The van der Waals surface area contributed by atoms with Crippen LogP contribution < -0.4 is 9.64 Å². The van der Waals surface area contributed by atoms with E-state index in [9.17, 15) is 13.2 Å². The van der Waals surface area contributed by atoms with E-state index in [0.29, 0.717) is 12.3 Å². The van der Waals surface area contributed by atoms with Crippen LogP contribution in [0.25, 0.3) is 0 Å². The first kappa shape index (κ1) is 14.7. The smallest absolute Gasteiger partial charge is 0.416 e. The van der Waals surface area contributed by atoms with E-state index in [0.717, 1.165) is 30.8 Å². The quantitative estimate of drug-likeness (QED) is 0.863. The van der Waals surface area contributed by atoms with Gasteiger partial charge >= 0.3 is 6.18 Å². The zero-order chi connectivity index (χ0) is 15.6. The monoisotopic (exact) mass is 308 g/mol. The molecule has 116 valence electrons. The second-order valence-corrected chi connectivity index (χ2v) is 5.20. The minimum absolute atomic E-state index is 0.0232. The Hall–Kier alpha value is -2.24. The zero-order valence-corrected chi connectivity index (χ0v) is 11.8. The SMILES string of the molecule is FC(F)(F)c1ccc(OC2CCN(c3ccncc3)C2)cc1. The van der Waals surface area contributed by atoms with Gasteiger partial charge in [-0.15, -0.1) is 0 Å². The number of ether oxygens (including phenoxy) is 1. The third-order valence-electron chi connectivity index (χ3n) is 3.66. The van der Waals surface area contributed by atoms with E-state index in [1.165, 1.54) is 12.1 Å². The highest BCUT2D eigenvalue weighted by Crippen LogP contribution is 2.31. The molecule has 0 radical (unpaired) electrons. The van der Waals surface area contributed by atoms with Crippen LogP contribution in [0.5, 0.6) is 5.75 Å². The molecule has 1 aromatic carbocycles. The van der Waals surface area contributed by atoms with Gasteiger partial charge in [-0.25, -0.2) is 0 Å². The maximum atomic E-state index is 12.5. The predicted octanol–water partition coefficient (Wildman–Crippen LogP) is 3.76. The molecule has 0 spiro atoms. The van der Waals surface area contributed by atoms with Crippen molar-refractivity contribution < 1.29 is 17.9 Å². The number of hydrogen-bond donors (Lipinski definition) is 0. The summed E-state index contributed by atoms with van der Waals surface area (Å²) in [7, 11) is 0. The van der Waals surface area contributed by atoms with Gasteiger partial charge in [-0.05, 0) is 36.4 Å². The van der Waals surface area contributed by atoms with Crippen molar-refractivity contribution in [3.63, 3.8) is 0 Å². The molecule has 1 unspecified atom stereocenters. The third kappa shape index (κ3) is 3.32. The summed E-state index contributed by atoms with van der Waals surface area (Å²) >= 11 is 0. The third-order valence-corrected chi connectivity index (χ3v) is 3.66.